The number of methoxy groups -OCH3 is 1. The van der Waals surface area contributed by atoms with Crippen molar-refractivity contribution in [3.8, 4) is 5.75 Å². The zero-order chi connectivity index (χ0) is 27.5. The number of amides is 3. The first-order valence-electron chi connectivity index (χ1n) is 12.0. The Morgan fingerprint density at radius 1 is 1.13 bits per heavy atom. The van der Waals surface area contributed by atoms with Crippen LogP contribution in [0, 0.1) is 0 Å². The summed E-state index contributed by atoms with van der Waals surface area (Å²) in [4.78, 5) is 49.7. The molecule has 1 aromatic carbocycles. The molecule has 4 aromatic rings. The van der Waals surface area contributed by atoms with Crippen LogP contribution in [0.5, 0.6) is 5.75 Å². The van der Waals surface area contributed by atoms with E-state index >= 15 is 0 Å². The Morgan fingerprint density at radius 3 is 2.72 bits per heavy atom. The SMILES string of the molecule is COc1ccnc(NC(=O)c2ccc(CN3C(=O)c4nn(C)cc4NC(=O)C3Cc3ccccn3)cc2Cl)c1. The second-order valence-electron chi connectivity index (χ2n) is 8.88. The number of rotatable bonds is 7. The highest BCUT2D eigenvalue weighted by Gasteiger charge is 2.37. The molecule has 1 unspecified atom stereocenters. The number of nitrogens with zero attached hydrogens (tertiary/aromatic N) is 5. The summed E-state index contributed by atoms with van der Waals surface area (Å²) < 4.78 is 6.63. The Kier molecular flexibility index (Phi) is 7.24. The van der Waals surface area contributed by atoms with E-state index in [0.29, 0.717) is 28.5 Å². The normalized spacial score (nSPS) is 14.8. The van der Waals surface area contributed by atoms with Crippen LogP contribution >= 0.6 is 11.6 Å². The molecule has 0 saturated heterocycles. The van der Waals surface area contributed by atoms with Gasteiger partial charge in [-0.25, -0.2) is 4.98 Å². The summed E-state index contributed by atoms with van der Waals surface area (Å²) in [6.07, 6.45) is 4.95. The van der Waals surface area contributed by atoms with E-state index in [1.807, 2.05) is 6.07 Å². The summed E-state index contributed by atoms with van der Waals surface area (Å²) in [5.74, 6) is -0.363. The Balaban J connectivity index is 1.42. The van der Waals surface area contributed by atoms with Crippen LogP contribution in [0.2, 0.25) is 5.02 Å². The molecule has 39 heavy (non-hydrogen) atoms. The molecular weight excluding hydrogens is 522 g/mol. The van der Waals surface area contributed by atoms with Gasteiger partial charge in [-0.15, -0.1) is 0 Å². The Hall–Kier alpha value is -4.77. The fourth-order valence-electron chi connectivity index (χ4n) is 4.30. The van der Waals surface area contributed by atoms with Gasteiger partial charge >= 0.3 is 0 Å². The molecule has 1 aliphatic heterocycles. The highest BCUT2D eigenvalue weighted by molar-refractivity contribution is 6.34. The third kappa shape index (κ3) is 5.58. The maximum atomic E-state index is 13.6. The number of carbonyl (C=O) groups excluding carboxylic acids is 3. The molecule has 3 aromatic heterocycles. The monoisotopic (exact) mass is 545 g/mol. The van der Waals surface area contributed by atoms with Crippen molar-refractivity contribution in [1.29, 1.82) is 0 Å². The van der Waals surface area contributed by atoms with Crippen LogP contribution in [-0.4, -0.2) is 55.5 Å². The van der Waals surface area contributed by atoms with Gasteiger partial charge in [0.15, 0.2) is 5.69 Å². The lowest BCUT2D eigenvalue weighted by Gasteiger charge is -2.28. The molecule has 5 rings (SSSR count). The molecule has 11 nitrogen and oxygen atoms in total. The first-order valence-corrected chi connectivity index (χ1v) is 12.4. The third-order valence-electron chi connectivity index (χ3n) is 6.20. The summed E-state index contributed by atoms with van der Waals surface area (Å²) in [7, 11) is 3.19. The zero-order valence-corrected chi connectivity index (χ0v) is 21.8. The number of halogens is 1. The van der Waals surface area contributed by atoms with Crippen LogP contribution in [0.15, 0.2) is 67.1 Å². The fourth-order valence-corrected chi connectivity index (χ4v) is 4.59. The van der Waals surface area contributed by atoms with E-state index in [1.54, 1.807) is 61.9 Å². The largest absolute Gasteiger partial charge is 0.497 e. The van der Waals surface area contributed by atoms with Crippen molar-refractivity contribution in [2.24, 2.45) is 7.05 Å². The van der Waals surface area contributed by atoms with Gasteiger partial charge in [-0.3, -0.25) is 24.0 Å². The van der Waals surface area contributed by atoms with Gasteiger partial charge in [-0.05, 0) is 35.9 Å². The zero-order valence-electron chi connectivity index (χ0n) is 21.1. The molecule has 4 heterocycles. The van der Waals surface area contributed by atoms with E-state index in [-0.39, 0.29) is 35.2 Å². The molecule has 1 aliphatic rings. The summed E-state index contributed by atoms with van der Waals surface area (Å²) in [6, 6.07) is 12.7. The number of fused-ring (bicyclic) bond motifs is 1. The van der Waals surface area contributed by atoms with E-state index in [1.165, 1.54) is 22.9 Å². The minimum absolute atomic E-state index is 0.0544. The van der Waals surface area contributed by atoms with Crippen LogP contribution in [0.4, 0.5) is 11.5 Å². The molecule has 12 heteroatoms. The summed E-state index contributed by atoms with van der Waals surface area (Å²) in [6.45, 7) is 0.0544. The van der Waals surface area contributed by atoms with E-state index in [2.05, 4.69) is 25.7 Å². The van der Waals surface area contributed by atoms with Crippen molar-refractivity contribution in [2.45, 2.75) is 19.0 Å². The van der Waals surface area contributed by atoms with E-state index < -0.39 is 17.9 Å². The van der Waals surface area contributed by atoms with Crippen molar-refractivity contribution in [3.63, 3.8) is 0 Å². The summed E-state index contributed by atoms with van der Waals surface area (Å²) >= 11 is 6.50. The van der Waals surface area contributed by atoms with Crippen molar-refractivity contribution >= 4 is 40.8 Å². The van der Waals surface area contributed by atoms with Gasteiger partial charge in [-0.2, -0.15) is 5.10 Å². The minimum Gasteiger partial charge on any atom is -0.497 e. The number of pyridine rings is 2. The first-order chi connectivity index (χ1) is 18.8. The number of anilines is 2. The smallest absolute Gasteiger partial charge is 0.277 e. The lowest BCUT2D eigenvalue weighted by atomic mass is 10.1. The number of carbonyl (C=O) groups is 3. The highest BCUT2D eigenvalue weighted by Crippen LogP contribution is 2.27. The molecule has 0 bridgehead atoms. The number of hydrogen-bond acceptors (Lipinski definition) is 7. The molecule has 3 amide bonds. The van der Waals surface area contributed by atoms with Crippen molar-refractivity contribution in [2.75, 3.05) is 17.7 Å². The van der Waals surface area contributed by atoms with Crippen LogP contribution in [0.3, 0.4) is 0 Å². The highest BCUT2D eigenvalue weighted by atomic mass is 35.5. The molecule has 0 aliphatic carbocycles. The van der Waals surface area contributed by atoms with Gasteiger partial charge in [0.25, 0.3) is 11.8 Å². The average Bonchev–Trinajstić information content (AvgIpc) is 3.27. The summed E-state index contributed by atoms with van der Waals surface area (Å²) in [5, 5.41) is 9.96. The van der Waals surface area contributed by atoms with Gasteiger partial charge in [-0.1, -0.05) is 23.7 Å². The van der Waals surface area contributed by atoms with Gasteiger partial charge in [0.1, 0.15) is 17.6 Å². The van der Waals surface area contributed by atoms with Gasteiger partial charge in [0.05, 0.1) is 23.4 Å². The van der Waals surface area contributed by atoms with E-state index in [4.69, 9.17) is 16.3 Å². The van der Waals surface area contributed by atoms with Crippen LogP contribution in [0.25, 0.3) is 0 Å². The predicted octanol–water partition coefficient (Wildman–Crippen LogP) is 3.33. The van der Waals surface area contributed by atoms with Crippen LogP contribution in [-0.2, 0) is 24.8 Å². The topological polar surface area (TPSA) is 131 Å². The van der Waals surface area contributed by atoms with Crippen molar-refractivity contribution in [3.05, 3.63) is 94.7 Å². The Bertz CT molecular complexity index is 1560. The third-order valence-corrected chi connectivity index (χ3v) is 6.51. The Morgan fingerprint density at radius 2 is 1.97 bits per heavy atom. The molecule has 1 atom stereocenters. The standard InChI is InChI=1S/C27H24ClN7O4/c1-34-15-21-24(33-34)27(38)35(22(26(37)31-21)12-17-5-3-4-9-29-17)14-16-6-7-19(20(28)11-16)25(36)32-23-13-18(39-2)8-10-30-23/h3-11,13,15,22H,12,14H2,1-2H3,(H,31,37)(H,30,32,36). The van der Waals surface area contributed by atoms with Crippen LogP contribution in [0.1, 0.15) is 32.1 Å². The average molecular weight is 546 g/mol. The van der Waals surface area contributed by atoms with E-state index in [9.17, 15) is 14.4 Å². The number of benzene rings is 1. The van der Waals surface area contributed by atoms with Crippen LogP contribution < -0.4 is 15.4 Å². The number of aromatic nitrogens is 4. The fraction of sp³-hybridized carbons (Fsp3) is 0.185. The molecule has 0 radical (unpaired) electrons. The second-order valence-corrected chi connectivity index (χ2v) is 9.28. The van der Waals surface area contributed by atoms with Gasteiger partial charge in [0.2, 0.25) is 5.91 Å². The first kappa shape index (κ1) is 25.9. The number of nitrogens with one attached hydrogen (secondary N) is 2. The molecular formula is C27H24ClN7O4. The van der Waals surface area contributed by atoms with Gasteiger partial charge in [0, 0.05) is 50.4 Å². The van der Waals surface area contributed by atoms with E-state index in [0.717, 1.165) is 0 Å². The molecule has 2 N–H and O–H groups in total. The predicted molar refractivity (Wildman–Crippen MR) is 144 cm³/mol. The number of aryl methyl sites for hydroxylation is 1. The minimum atomic E-state index is -0.854. The molecule has 198 valence electrons. The lowest BCUT2D eigenvalue weighted by molar-refractivity contribution is -0.120. The molecule has 0 fully saturated rings. The molecule has 0 saturated carbocycles. The summed E-state index contributed by atoms with van der Waals surface area (Å²) in [5.41, 5.74) is 2.00. The van der Waals surface area contributed by atoms with Crippen molar-refractivity contribution in [1.82, 2.24) is 24.6 Å². The van der Waals surface area contributed by atoms with Gasteiger partial charge < -0.3 is 20.3 Å². The van der Waals surface area contributed by atoms with Crippen molar-refractivity contribution < 1.29 is 19.1 Å². The maximum Gasteiger partial charge on any atom is 0.277 e. The number of hydrogen-bond donors (Lipinski definition) is 2. The Labute approximate surface area is 228 Å². The second kappa shape index (κ2) is 10.9. The maximum absolute atomic E-state index is 13.6. The lowest BCUT2D eigenvalue weighted by Crippen LogP contribution is -2.46. The molecule has 0 spiro atoms. The number of ether oxygens (including phenoxy) is 1. The quantitative estimate of drug-likeness (QED) is 0.364.